The van der Waals surface area contributed by atoms with Gasteiger partial charge in [0.1, 0.15) is 69.9 Å². The highest BCUT2D eigenvalue weighted by atomic mass is 15.1. The molecule has 0 saturated heterocycles. The Labute approximate surface area is 675 Å². The highest BCUT2D eigenvalue weighted by molar-refractivity contribution is 5.81. The number of rotatable bonds is 16. The van der Waals surface area contributed by atoms with E-state index in [0.717, 1.165) is 173 Å². The standard InChI is InChI=1S/4C21H21N3.8C2H6/c1-3-18-22-19(4-2)24-20(23-18)13-16-10-7-9-15-12-14-8-5-6-11-17(14)21(15)16;1-3-19-22-20(4-2)24-21(23-19)13-15-9-7-11-17-16-10-6-5-8-14(16)12-18(15)17;1-3-19-22-20(4-2)24-21(23-19)12-14-9-10-18-16(11-14)13-15-7-5-6-8-17(15)18;1-3-19-22-20(4-2)24-21(23-19)12-14-9-10-16-13-15-7-5-6-8-17(15)18(16)11-14;8*1-2/h4*5-11H,3-4,12-13H2,1-2H3;8*1-2H3. The third-order valence-electron chi connectivity index (χ3n) is 18.6. The Bertz CT molecular complexity index is 4710. The summed E-state index contributed by atoms with van der Waals surface area (Å²) >= 11 is 0. The first-order valence-electron chi connectivity index (χ1n) is 42.8. The summed E-state index contributed by atoms with van der Waals surface area (Å²) in [6.45, 7) is 48.7. The van der Waals surface area contributed by atoms with Gasteiger partial charge < -0.3 is 0 Å². The van der Waals surface area contributed by atoms with Crippen LogP contribution in [-0.2, 0) is 103 Å². The molecule has 0 spiro atoms. The number of benzene rings is 8. The van der Waals surface area contributed by atoms with Crippen molar-refractivity contribution >= 4 is 0 Å². The second-order valence-electron chi connectivity index (χ2n) is 25.1. The number of nitrogens with zero attached hydrogens (tertiary/aromatic N) is 12. The molecule has 16 rings (SSSR count). The lowest BCUT2D eigenvalue weighted by Crippen LogP contribution is -2.08. The molecule has 0 fully saturated rings. The molecule has 8 aromatic carbocycles. The Balaban J connectivity index is 0.000000251. The first kappa shape index (κ1) is 92.4. The van der Waals surface area contributed by atoms with Crippen LogP contribution < -0.4 is 0 Å². The molecule has 12 nitrogen and oxygen atoms in total. The smallest absolute Gasteiger partial charge is 0.137 e. The fourth-order valence-electron chi connectivity index (χ4n) is 13.8. The van der Waals surface area contributed by atoms with E-state index < -0.39 is 0 Å². The summed E-state index contributed by atoms with van der Waals surface area (Å²) < 4.78 is 0. The average molecular weight is 1500 g/mol. The number of hydrogen-bond donors (Lipinski definition) is 0. The maximum Gasteiger partial charge on any atom is 0.137 e. The van der Waals surface area contributed by atoms with Gasteiger partial charge in [-0.05, 0) is 137 Å². The van der Waals surface area contributed by atoms with Crippen LogP contribution in [0.5, 0.6) is 0 Å². The van der Waals surface area contributed by atoms with E-state index in [0.29, 0.717) is 0 Å². The van der Waals surface area contributed by atoms with Crippen LogP contribution in [0.3, 0.4) is 0 Å². The first-order valence-corrected chi connectivity index (χ1v) is 42.8. The van der Waals surface area contributed by atoms with Crippen LogP contribution in [0.4, 0.5) is 0 Å². The van der Waals surface area contributed by atoms with Crippen molar-refractivity contribution in [3.05, 3.63) is 307 Å². The van der Waals surface area contributed by atoms with Crippen LogP contribution in [0.25, 0.3) is 44.5 Å². The molecule has 4 aliphatic carbocycles. The molecule has 4 heterocycles. The molecule has 4 aromatic heterocycles. The SMILES string of the molecule is CC.CC.CC.CC.CC.CC.CC.CC.CCc1nc(CC)nc(Cc2ccc3c(c2)-c2ccccc2C3)n1.CCc1nc(CC)nc(Cc2ccc3c(c2)Cc2ccccc2-3)n1.CCc1nc(CC)nc(Cc2cccc3c2-c2ccccc2C3)n1.CCc1nc(CC)nc(Cc2cccc3c2Cc2ccccc2-3)n1. The van der Waals surface area contributed by atoms with Gasteiger partial charge in [-0.25, -0.2) is 59.8 Å². The fourth-order valence-corrected chi connectivity index (χ4v) is 13.8. The molecule has 0 amide bonds. The van der Waals surface area contributed by atoms with E-state index in [1.165, 1.54) is 111 Å². The second-order valence-corrected chi connectivity index (χ2v) is 25.1. The maximum absolute atomic E-state index is 4.65. The molecular weight excluding hydrogens is 1370 g/mol. The molecule has 12 aromatic rings. The van der Waals surface area contributed by atoms with Crippen molar-refractivity contribution in [2.45, 2.75) is 269 Å². The molecule has 0 unspecified atom stereocenters. The van der Waals surface area contributed by atoms with Gasteiger partial charge in [-0.1, -0.05) is 336 Å². The highest BCUT2D eigenvalue weighted by Crippen LogP contribution is 2.42. The Morgan fingerprint density at radius 1 is 0.196 bits per heavy atom. The molecule has 0 N–H and O–H groups in total. The maximum atomic E-state index is 4.65. The minimum atomic E-state index is 0.762. The minimum absolute atomic E-state index is 0.762. The third kappa shape index (κ3) is 24.4. The van der Waals surface area contributed by atoms with Crippen LogP contribution in [0.1, 0.15) is 303 Å². The monoisotopic (exact) mass is 1500 g/mol. The average Bonchev–Trinajstić information content (AvgIpc) is 1.65. The van der Waals surface area contributed by atoms with Crippen molar-refractivity contribution in [1.29, 1.82) is 0 Å². The van der Waals surface area contributed by atoms with Crippen LogP contribution in [0.2, 0.25) is 0 Å². The van der Waals surface area contributed by atoms with E-state index in [2.05, 4.69) is 285 Å². The van der Waals surface area contributed by atoms with E-state index in [1.807, 2.05) is 111 Å². The second kappa shape index (κ2) is 49.9. The minimum Gasteiger partial charge on any atom is -0.218 e. The van der Waals surface area contributed by atoms with Gasteiger partial charge in [0.15, 0.2) is 0 Å². The van der Waals surface area contributed by atoms with Gasteiger partial charge in [0.25, 0.3) is 0 Å². The summed E-state index contributed by atoms with van der Waals surface area (Å²) in [6, 6.07) is 61.5. The van der Waals surface area contributed by atoms with Crippen LogP contribution >= 0.6 is 0 Å². The Hall–Kier alpha value is -10.2. The lowest BCUT2D eigenvalue weighted by atomic mass is 9.97. The summed E-state index contributed by atoms with van der Waals surface area (Å²) in [5.41, 5.74) is 27.5. The van der Waals surface area contributed by atoms with Crippen LogP contribution in [-0.4, -0.2) is 59.8 Å². The number of aromatic nitrogens is 12. The summed E-state index contributed by atoms with van der Waals surface area (Å²) in [6.07, 6.45) is 14.0. The van der Waals surface area contributed by atoms with Crippen molar-refractivity contribution in [2.24, 2.45) is 0 Å². The van der Waals surface area contributed by atoms with Gasteiger partial charge in [0.05, 0.1) is 0 Å². The number of fused-ring (bicyclic) bond motifs is 12. The zero-order valence-electron chi connectivity index (χ0n) is 72.8. The third-order valence-corrected chi connectivity index (χ3v) is 18.6. The lowest BCUT2D eigenvalue weighted by Gasteiger charge is -2.10. The molecular formula is C100H132N12. The molecule has 12 heteroatoms. The highest BCUT2D eigenvalue weighted by Gasteiger charge is 2.25. The summed E-state index contributed by atoms with van der Waals surface area (Å²) in [5.74, 6) is 10.7. The van der Waals surface area contributed by atoms with Crippen molar-refractivity contribution in [1.82, 2.24) is 59.8 Å². The topological polar surface area (TPSA) is 155 Å². The zero-order valence-corrected chi connectivity index (χ0v) is 72.8. The molecule has 0 aliphatic heterocycles. The first-order chi connectivity index (χ1) is 55.1. The van der Waals surface area contributed by atoms with E-state index in [-0.39, 0.29) is 0 Å². The predicted octanol–water partition coefficient (Wildman–Crippen LogP) is 24.8. The summed E-state index contributed by atoms with van der Waals surface area (Å²) in [7, 11) is 0. The largest absolute Gasteiger partial charge is 0.218 e. The summed E-state index contributed by atoms with van der Waals surface area (Å²) in [5, 5.41) is 0. The lowest BCUT2D eigenvalue weighted by molar-refractivity contribution is 0.778. The van der Waals surface area contributed by atoms with Crippen LogP contribution in [0, 0.1) is 0 Å². The van der Waals surface area contributed by atoms with E-state index >= 15 is 0 Å². The fraction of sp³-hybridized carbons (Fsp3) is 0.400. The quantitative estimate of drug-likeness (QED) is 0.0904. The molecule has 4 aliphatic rings. The van der Waals surface area contributed by atoms with E-state index in [4.69, 9.17) is 0 Å². The van der Waals surface area contributed by atoms with Gasteiger partial charge in [-0.3, -0.25) is 0 Å². The number of hydrogen-bond acceptors (Lipinski definition) is 12. The molecule has 592 valence electrons. The van der Waals surface area contributed by atoms with E-state index in [1.54, 1.807) is 0 Å². The van der Waals surface area contributed by atoms with Crippen molar-refractivity contribution in [3.63, 3.8) is 0 Å². The van der Waals surface area contributed by atoms with Gasteiger partial charge in [0, 0.05) is 77.0 Å². The van der Waals surface area contributed by atoms with Gasteiger partial charge >= 0.3 is 0 Å². The molecule has 0 bridgehead atoms. The van der Waals surface area contributed by atoms with Crippen LogP contribution in [0.15, 0.2) is 170 Å². The van der Waals surface area contributed by atoms with Crippen molar-refractivity contribution in [2.75, 3.05) is 0 Å². The molecule has 112 heavy (non-hydrogen) atoms. The Morgan fingerprint density at radius 3 is 0.893 bits per heavy atom. The van der Waals surface area contributed by atoms with E-state index in [9.17, 15) is 0 Å². The normalized spacial score (nSPS) is 10.8. The van der Waals surface area contributed by atoms with Crippen molar-refractivity contribution in [3.8, 4) is 44.5 Å². The Morgan fingerprint density at radius 2 is 0.464 bits per heavy atom. The van der Waals surface area contributed by atoms with Crippen molar-refractivity contribution < 1.29 is 0 Å². The molecule has 0 saturated carbocycles. The molecule has 0 radical (unpaired) electrons. The Kier molecular flexibility index (Phi) is 41.2. The molecule has 0 atom stereocenters. The predicted molar refractivity (Wildman–Crippen MR) is 475 cm³/mol. The van der Waals surface area contributed by atoms with Gasteiger partial charge in [-0.15, -0.1) is 0 Å². The number of aryl methyl sites for hydroxylation is 8. The summed E-state index contributed by atoms with van der Waals surface area (Å²) in [4.78, 5) is 55.0. The zero-order chi connectivity index (χ0) is 82.1. The van der Waals surface area contributed by atoms with Gasteiger partial charge in [-0.2, -0.15) is 0 Å². The van der Waals surface area contributed by atoms with Gasteiger partial charge in [0.2, 0.25) is 0 Å².